The van der Waals surface area contributed by atoms with Crippen LogP contribution in [0.25, 0.3) is 0 Å². The van der Waals surface area contributed by atoms with Crippen LogP contribution >= 0.6 is 0 Å². The smallest absolute Gasteiger partial charge is 0.239 e. The molecule has 1 aromatic heterocycles. The van der Waals surface area contributed by atoms with Gasteiger partial charge < -0.3 is 15.5 Å². The average Bonchev–Trinajstić information content (AvgIpc) is 2.45. The average molecular weight is 292 g/mol. The summed E-state index contributed by atoms with van der Waals surface area (Å²) < 4.78 is 0. The summed E-state index contributed by atoms with van der Waals surface area (Å²) in [4.78, 5) is 18.5. The highest BCUT2D eigenvalue weighted by molar-refractivity contribution is 5.81. The maximum Gasteiger partial charge on any atom is 0.239 e. The van der Waals surface area contributed by atoms with Gasteiger partial charge in [-0.05, 0) is 39.8 Å². The number of anilines is 1. The van der Waals surface area contributed by atoms with Gasteiger partial charge in [0.1, 0.15) is 5.82 Å². The van der Waals surface area contributed by atoms with Gasteiger partial charge in [0.2, 0.25) is 5.91 Å². The van der Waals surface area contributed by atoms with E-state index >= 15 is 0 Å². The van der Waals surface area contributed by atoms with E-state index in [1.165, 1.54) is 0 Å². The van der Waals surface area contributed by atoms with Crippen LogP contribution in [0, 0.1) is 0 Å². The van der Waals surface area contributed by atoms with Crippen LogP contribution in [-0.4, -0.2) is 36.6 Å². The first-order valence-corrected chi connectivity index (χ1v) is 7.77. The Bertz CT molecular complexity index is 434. The highest BCUT2D eigenvalue weighted by Gasteiger charge is 2.14. The molecule has 0 saturated carbocycles. The number of hydrogen-bond acceptors (Lipinski definition) is 4. The molecule has 1 amide bonds. The fourth-order valence-electron chi connectivity index (χ4n) is 2.13. The lowest BCUT2D eigenvalue weighted by atomic mass is 10.2. The number of nitrogens with zero attached hydrogens (tertiary/aromatic N) is 2. The van der Waals surface area contributed by atoms with E-state index in [0.717, 1.165) is 37.4 Å². The number of pyridine rings is 1. The lowest BCUT2D eigenvalue weighted by Crippen LogP contribution is -2.40. The molecule has 118 valence electrons. The minimum Gasteiger partial charge on any atom is -0.352 e. The third-order valence-corrected chi connectivity index (χ3v) is 3.08. The monoisotopic (exact) mass is 292 g/mol. The second-order valence-electron chi connectivity index (χ2n) is 5.40. The molecule has 1 rings (SSSR count). The van der Waals surface area contributed by atoms with Crippen molar-refractivity contribution in [2.45, 2.75) is 46.7 Å². The van der Waals surface area contributed by atoms with E-state index in [-0.39, 0.29) is 11.9 Å². The quantitative estimate of drug-likeness (QED) is 0.683. The number of amides is 1. The van der Waals surface area contributed by atoms with E-state index in [2.05, 4.69) is 28.6 Å². The summed E-state index contributed by atoms with van der Waals surface area (Å²) in [6.45, 7) is 11.0. The summed E-state index contributed by atoms with van der Waals surface area (Å²) in [6, 6.07) is 4.16. The fraction of sp³-hybridized carbons (Fsp3) is 0.625. The number of hydrogen-bond donors (Lipinski definition) is 2. The van der Waals surface area contributed by atoms with E-state index in [1.54, 1.807) is 6.20 Å². The van der Waals surface area contributed by atoms with Gasteiger partial charge in [0.25, 0.3) is 0 Å². The molecular weight excluding hydrogens is 264 g/mol. The van der Waals surface area contributed by atoms with Crippen molar-refractivity contribution in [1.29, 1.82) is 0 Å². The molecule has 1 heterocycles. The lowest BCUT2D eigenvalue weighted by Gasteiger charge is -2.24. The predicted molar refractivity (Wildman–Crippen MR) is 87.4 cm³/mol. The topological polar surface area (TPSA) is 57.3 Å². The Morgan fingerprint density at radius 3 is 2.76 bits per heavy atom. The molecule has 2 N–H and O–H groups in total. The highest BCUT2D eigenvalue weighted by atomic mass is 16.2. The summed E-state index contributed by atoms with van der Waals surface area (Å²) in [6.07, 6.45) is 2.88. The SMILES string of the molecule is CCCNCc1cccnc1N(CC)CC(=O)NC(C)C. The van der Waals surface area contributed by atoms with Crippen LogP contribution in [-0.2, 0) is 11.3 Å². The van der Waals surface area contributed by atoms with Crippen molar-refractivity contribution in [3.8, 4) is 0 Å². The van der Waals surface area contributed by atoms with Crippen LogP contribution < -0.4 is 15.5 Å². The third kappa shape index (κ3) is 6.12. The van der Waals surface area contributed by atoms with E-state index in [4.69, 9.17) is 0 Å². The zero-order valence-corrected chi connectivity index (χ0v) is 13.6. The van der Waals surface area contributed by atoms with Gasteiger partial charge in [-0.25, -0.2) is 4.98 Å². The first-order chi connectivity index (χ1) is 10.1. The number of nitrogens with one attached hydrogen (secondary N) is 2. The number of carbonyl (C=O) groups excluding carboxylic acids is 1. The van der Waals surface area contributed by atoms with Crippen LogP contribution in [0.3, 0.4) is 0 Å². The molecule has 1 aromatic rings. The third-order valence-electron chi connectivity index (χ3n) is 3.08. The Hall–Kier alpha value is -1.62. The summed E-state index contributed by atoms with van der Waals surface area (Å²) in [5, 5.41) is 6.31. The fourth-order valence-corrected chi connectivity index (χ4v) is 2.13. The van der Waals surface area contributed by atoms with Gasteiger partial charge in [-0.2, -0.15) is 0 Å². The molecule has 5 heteroatoms. The second-order valence-corrected chi connectivity index (χ2v) is 5.40. The molecule has 0 atom stereocenters. The highest BCUT2D eigenvalue weighted by Crippen LogP contribution is 2.16. The van der Waals surface area contributed by atoms with Crippen molar-refractivity contribution >= 4 is 11.7 Å². The molecule has 0 fully saturated rings. The molecule has 0 unspecified atom stereocenters. The van der Waals surface area contributed by atoms with Crippen LogP contribution in [0.2, 0.25) is 0 Å². The molecule has 5 nitrogen and oxygen atoms in total. The Morgan fingerprint density at radius 1 is 1.38 bits per heavy atom. The number of carbonyl (C=O) groups is 1. The Labute approximate surface area is 128 Å². The van der Waals surface area contributed by atoms with Crippen LogP contribution in [0.1, 0.15) is 39.7 Å². The Balaban J connectivity index is 2.77. The molecule has 21 heavy (non-hydrogen) atoms. The minimum atomic E-state index is 0.0324. The second kappa shape index (κ2) is 9.34. The normalized spacial score (nSPS) is 10.7. The van der Waals surface area contributed by atoms with Crippen LogP contribution in [0.5, 0.6) is 0 Å². The first kappa shape index (κ1) is 17.4. The maximum absolute atomic E-state index is 12.0. The van der Waals surface area contributed by atoms with E-state index in [0.29, 0.717) is 6.54 Å². The van der Waals surface area contributed by atoms with Gasteiger partial charge in [0, 0.05) is 30.9 Å². The standard InChI is InChI=1S/C16H28N4O/c1-5-9-17-11-14-8-7-10-18-16(14)20(6-2)12-15(21)19-13(3)4/h7-8,10,13,17H,5-6,9,11-12H2,1-4H3,(H,19,21). The zero-order chi connectivity index (χ0) is 15.7. The van der Waals surface area contributed by atoms with Gasteiger partial charge in [0.05, 0.1) is 6.54 Å². The predicted octanol–water partition coefficient (Wildman–Crippen LogP) is 1.93. The van der Waals surface area contributed by atoms with Gasteiger partial charge in [-0.3, -0.25) is 4.79 Å². The summed E-state index contributed by atoms with van der Waals surface area (Å²) in [7, 11) is 0. The molecular formula is C16H28N4O. The van der Waals surface area contributed by atoms with Gasteiger partial charge in [-0.15, -0.1) is 0 Å². The summed E-state index contributed by atoms with van der Waals surface area (Å²) in [5.41, 5.74) is 1.13. The number of aromatic nitrogens is 1. The van der Waals surface area contributed by atoms with Gasteiger partial charge in [0.15, 0.2) is 0 Å². The van der Waals surface area contributed by atoms with Crippen molar-refractivity contribution in [3.63, 3.8) is 0 Å². The van der Waals surface area contributed by atoms with E-state index in [9.17, 15) is 4.79 Å². The van der Waals surface area contributed by atoms with Crippen LogP contribution in [0.4, 0.5) is 5.82 Å². The summed E-state index contributed by atoms with van der Waals surface area (Å²) in [5.74, 6) is 0.924. The molecule has 0 spiro atoms. The van der Waals surface area contributed by atoms with Gasteiger partial charge >= 0.3 is 0 Å². The first-order valence-electron chi connectivity index (χ1n) is 7.77. The summed E-state index contributed by atoms with van der Waals surface area (Å²) >= 11 is 0. The number of rotatable bonds is 9. The Kier molecular flexibility index (Phi) is 7.75. The molecule has 0 aromatic carbocycles. The zero-order valence-electron chi connectivity index (χ0n) is 13.6. The van der Waals surface area contributed by atoms with Crippen molar-refractivity contribution in [2.75, 3.05) is 24.5 Å². The van der Waals surface area contributed by atoms with Crippen molar-refractivity contribution < 1.29 is 4.79 Å². The van der Waals surface area contributed by atoms with Crippen molar-refractivity contribution in [3.05, 3.63) is 23.9 Å². The van der Waals surface area contributed by atoms with E-state index < -0.39 is 0 Å². The molecule has 0 radical (unpaired) electrons. The molecule has 0 aliphatic carbocycles. The number of likely N-dealkylation sites (N-methyl/N-ethyl adjacent to an activating group) is 1. The molecule has 0 bridgehead atoms. The minimum absolute atomic E-state index is 0.0324. The van der Waals surface area contributed by atoms with E-state index in [1.807, 2.05) is 31.7 Å². The van der Waals surface area contributed by atoms with Crippen LogP contribution in [0.15, 0.2) is 18.3 Å². The van der Waals surface area contributed by atoms with Crippen molar-refractivity contribution in [1.82, 2.24) is 15.6 Å². The lowest BCUT2D eigenvalue weighted by molar-refractivity contribution is -0.120. The molecule has 0 aliphatic heterocycles. The van der Waals surface area contributed by atoms with Crippen molar-refractivity contribution in [2.24, 2.45) is 0 Å². The molecule has 0 saturated heterocycles. The Morgan fingerprint density at radius 2 is 2.14 bits per heavy atom. The van der Waals surface area contributed by atoms with Gasteiger partial charge in [-0.1, -0.05) is 13.0 Å². The maximum atomic E-state index is 12.0. The molecule has 0 aliphatic rings. The largest absolute Gasteiger partial charge is 0.352 e.